The van der Waals surface area contributed by atoms with Gasteiger partial charge in [0.15, 0.2) is 5.60 Å². The molecule has 1 atom stereocenters. The Kier molecular flexibility index (Phi) is 2.54. The molecule has 3 rings (SSSR count). The second-order valence-corrected chi connectivity index (χ2v) is 4.46. The highest BCUT2D eigenvalue weighted by Gasteiger charge is 2.42. The molecule has 0 fully saturated rings. The van der Waals surface area contributed by atoms with Gasteiger partial charge in [0, 0.05) is 5.56 Å². The van der Waals surface area contributed by atoms with Gasteiger partial charge < -0.3 is 15.6 Å². The molecule has 1 heterocycles. The van der Waals surface area contributed by atoms with Crippen LogP contribution in [0.25, 0.3) is 0 Å². The molecule has 0 aliphatic carbocycles. The normalized spacial score (nSPS) is 20.8. The summed E-state index contributed by atoms with van der Waals surface area (Å²) < 4.78 is 5.20. The van der Waals surface area contributed by atoms with Crippen LogP contribution in [-0.4, -0.2) is 18.1 Å². The maximum atomic E-state index is 11.0. The van der Waals surface area contributed by atoms with E-state index < -0.39 is 5.60 Å². The van der Waals surface area contributed by atoms with Crippen molar-refractivity contribution in [3.63, 3.8) is 0 Å². The molecule has 0 saturated carbocycles. The lowest BCUT2D eigenvalue weighted by atomic mass is 9.86. The van der Waals surface area contributed by atoms with E-state index in [4.69, 9.17) is 10.5 Å². The van der Waals surface area contributed by atoms with Gasteiger partial charge in [0.2, 0.25) is 0 Å². The Bertz CT molecular complexity index is 652. The molecule has 3 N–H and O–H groups in total. The van der Waals surface area contributed by atoms with Crippen molar-refractivity contribution in [2.75, 3.05) is 7.11 Å². The minimum absolute atomic E-state index is 0.182. The quantitative estimate of drug-likeness (QED) is 0.860. The van der Waals surface area contributed by atoms with Gasteiger partial charge in [-0.3, -0.25) is 0 Å². The van der Waals surface area contributed by atoms with Gasteiger partial charge in [-0.25, -0.2) is 4.99 Å². The van der Waals surface area contributed by atoms with E-state index in [2.05, 4.69) is 4.99 Å². The van der Waals surface area contributed by atoms with E-state index in [9.17, 15) is 5.11 Å². The van der Waals surface area contributed by atoms with Gasteiger partial charge in [-0.2, -0.15) is 0 Å². The van der Waals surface area contributed by atoms with E-state index in [1.807, 2.05) is 30.3 Å². The van der Waals surface area contributed by atoms with Gasteiger partial charge in [0.1, 0.15) is 11.6 Å². The molecule has 2 aromatic rings. The summed E-state index contributed by atoms with van der Waals surface area (Å²) >= 11 is 0. The molecule has 1 aliphatic rings. The first kappa shape index (κ1) is 11.7. The summed E-state index contributed by atoms with van der Waals surface area (Å²) in [4.78, 5) is 4.25. The average Bonchev–Trinajstić information content (AvgIpc) is 2.72. The van der Waals surface area contributed by atoms with Crippen molar-refractivity contribution in [1.29, 1.82) is 0 Å². The maximum Gasteiger partial charge on any atom is 0.174 e. The van der Waals surface area contributed by atoms with Crippen molar-refractivity contribution in [2.24, 2.45) is 10.7 Å². The molecule has 0 aromatic heterocycles. The summed E-state index contributed by atoms with van der Waals surface area (Å²) in [5.74, 6) is 0.847. The molecule has 96 valence electrons. The number of hydrogen-bond acceptors (Lipinski definition) is 4. The molecular formula is C15H14N2O2. The minimum Gasteiger partial charge on any atom is -0.497 e. The lowest BCUT2D eigenvalue weighted by Gasteiger charge is -2.24. The van der Waals surface area contributed by atoms with Crippen LogP contribution in [0.3, 0.4) is 0 Å². The van der Waals surface area contributed by atoms with Crippen molar-refractivity contribution in [1.82, 2.24) is 0 Å². The number of rotatable bonds is 2. The first-order chi connectivity index (χ1) is 9.16. The van der Waals surface area contributed by atoms with Crippen LogP contribution in [0.5, 0.6) is 5.75 Å². The van der Waals surface area contributed by atoms with Crippen LogP contribution < -0.4 is 10.5 Å². The molecule has 4 nitrogen and oxygen atoms in total. The average molecular weight is 254 g/mol. The van der Waals surface area contributed by atoms with Crippen LogP contribution in [0.2, 0.25) is 0 Å². The molecule has 19 heavy (non-hydrogen) atoms. The van der Waals surface area contributed by atoms with E-state index in [0.717, 1.165) is 0 Å². The molecule has 0 bridgehead atoms. The van der Waals surface area contributed by atoms with Crippen molar-refractivity contribution in [3.05, 3.63) is 59.7 Å². The fourth-order valence-electron chi connectivity index (χ4n) is 2.36. The van der Waals surface area contributed by atoms with Crippen molar-refractivity contribution < 1.29 is 9.84 Å². The van der Waals surface area contributed by atoms with Crippen LogP contribution in [0, 0.1) is 0 Å². The molecule has 0 spiro atoms. The number of ether oxygens (including phenoxy) is 1. The first-order valence-corrected chi connectivity index (χ1v) is 5.97. The fraction of sp³-hybridized carbons (Fsp3) is 0.133. The SMILES string of the molecule is COc1ccc2c(c1)C(O)(c1ccccc1)C(N)=N2. The number of hydrogen-bond donors (Lipinski definition) is 2. The Labute approximate surface area is 111 Å². The lowest BCUT2D eigenvalue weighted by molar-refractivity contribution is 0.158. The minimum atomic E-state index is -1.38. The van der Waals surface area contributed by atoms with Gasteiger partial charge in [-0.05, 0) is 23.8 Å². The third-order valence-corrected chi connectivity index (χ3v) is 3.40. The number of nitrogens with zero attached hydrogens (tertiary/aromatic N) is 1. The highest BCUT2D eigenvalue weighted by Crippen LogP contribution is 2.43. The summed E-state index contributed by atoms with van der Waals surface area (Å²) in [6, 6.07) is 14.6. The third kappa shape index (κ3) is 1.61. The van der Waals surface area contributed by atoms with Crippen LogP contribution >= 0.6 is 0 Å². The maximum absolute atomic E-state index is 11.0. The van der Waals surface area contributed by atoms with Crippen LogP contribution in [0.1, 0.15) is 11.1 Å². The molecule has 1 unspecified atom stereocenters. The van der Waals surface area contributed by atoms with Gasteiger partial charge >= 0.3 is 0 Å². The molecule has 4 heteroatoms. The smallest absolute Gasteiger partial charge is 0.174 e. The van der Waals surface area contributed by atoms with Crippen molar-refractivity contribution in [3.8, 4) is 5.75 Å². The first-order valence-electron chi connectivity index (χ1n) is 5.97. The summed E-state index contributed by atoms with van der Waals surface area (Å²) in [5.41, 5.74) is 6.58. The summed E-state index contributed by atoms with van der Waals surface area (Å²) in [7, 11) is 1.59. The number of methoxy groups -OCH3 is 1. The Morgan fingerprint density at radius 2 is 1.89 bits per heavy atom. The molecule has 0 saturated heterocycles. The summed E-state index contributed by atoms with van der Waals surface area (Å²) in [6.45, 7) is 0. The largest absolute Gasteiger partial charge is 0.497 e. The van der Waals surface area contributed by atoms with Gasteiger partial charge in [-0.1, -0.05) is 30.3 Å². The predicted octanol–water partition coefficient (Wildman–Crippen LogP) is 1.93. The Balaban J connectivity index is 2.22. The Hall–Kier alpha value is -2.33. The zero-order valence-electron chi connectivity index (χ0n) is 10.5. The second kappa shape index (κ2) is 4.10. The monoisotopic (exact) mass is 254 g/mol. The van der Waals surface area contributed by atoms with Gasteiger partial charge in [-0.15, -0.1) is 0 Å². The number of aliphatic hydroxyl groups is 1. The molecule has 0 amide bonds. The molecule has 2 aromatic carbocycles. The van der Waals surface area contributed by atoms with Crippen LogP contribution in [0.4, 0.5) is 5.69 Å². The van der Waals surface area contributed by atoms with Gasteiger partial charge in [0.25, 0.3) is 0 Å². The summed E-state index contributed by atoms with van der Waals surface area (Å²) in [6.07, 6.45) is 0. The Morgan fingerprint density at radius 1 is 1.16 bits per heavy atom. The van der Waals surface area contributed by atoms with E-state index in [-0.39, 0.29) is 5.84 Å². The molecule has 0 radical (unpaired) electrons. The highest BCUT2D eigenvalue weighted by molar-refractivity contribution is 6.00. The van der Waals surface area contributed by atoms with E-state index in [1.165, 1.54) is 0 Å². The zero-order chi connectivity index (χ0) is 13.5. The van der Waals surface area contributed by atoms with E-state index >= 15 is 0 Å². The topological polar surface area (TPSA) is 67.8 Å². The van der Waals surface area contributed by atoms with Gasteiger partial charge in [0.05, 0.1) is 12.8 Å². The third-order valence-electron chi connectivity index (χ3n) is 3.40. The van der Waals surface area contributed by atoms with Crippen molar-refractivity contribution in [2.45, 2.75) is 5.60 Å². The zero-order valence-corrected chi connectivity index (χ0v) is 10.5. The number of benzene rings is 2. The number of fused-ring (bicyclic) bond motifs is 1. The number of amidine groups is 1. The van der Waals surface area contributed by atoms with Crippen molar-refractivity contribution >= 4 is 11.5 Å². The van der Waals surface area contributed by atoms with E-state index in [1.54, 1.807) is 25.3 Å². The number of nitrogens with two attached hydrogens (primary N) is 1. The van der Waals surface area contributed by atoms with Crippen LogP contribution in [0.15, 0.2) is 53.5 Å². The lowest BCUT2D eigenvalue weighted by Crippen LogP contribution is -2.39. The second-order valence-electron chi connectivity index (χ2n) is 4.46. The molecular weight excluding hydrogens is 240 g/mol. The Morgan fingerprint density at radius 3 is 2.58 bits per heavy atom. The van der Waals surface area contributed by atoms with E-state index in [0.29, 0.717) is 22.6 Å². The summed E-state index contributed by atoms with van der Waals surface area (Å²) in [5, 5.41) is 11.0. The standard InChI is InChI=1S/C15H14N2O2/c1-19-11-7-8-13-12(9-11)15(18,14(16)17-13)10-5-3-2-4-6-10/h2-9,18H,1H3,(H2,16,17). The predicted molar refractivity (Wildman–Crippen MR) is 73.7 cm³/mol. The number of aliphatic imine (C=N–C) groups is 1. The van der Waals surface area contributed by atoms with Crippen LogP contribution in [-0.2, 0) is 5.60 Å². The fourth-order valence-corrected chi connectivity index (χ4v) is 2.36. The molecule has 1 aliphatic heterocycles. The highest BCUT2D eigenvalue weighted by atomic mass is 16.5.